The van der Waals surface area contributed by atoms with Gasteiger partial charge in [0, 0.05) is 31.5 Å². The Morgan fingerprint density at radius 3 is 2.59 bits per heavy atom. The van der Waals surface area contributed by atoms with Gasteiger partial charge in [-0.25, -0.2) is 4.98 Å². The Kier molecular flexibility index (Phi) is 8.00. The van der Waals surface area contributed by atoms with Crippen molar-refractivity contribution in [2.45, 2.75) is 78.1 Å². The Balaban J connectivity index is 1.43. The fourth-order valence-electron chi connectivity index (χ4n) is 4.85. The minimum atomic E-state index is -0.938. The molecule has 3 atom stereocenters. The number of phenols is 1. The van der Waals surface area contributed by atoms with Crippen LogP contribution >= 0.6 is 11.3 Å². The third kappa shape index (κ3) is 6.40. The molecule has 2 heterocycles. The summed E-state index contributed by atoms with van der Waals surface area (Å²) in [5.41, 5.74) is 2.63. The monoisotopic (exact) mass is 553 g/mol. The lowest BCUT2D eigenvalue weighted by Crippen LogP contribution is -2.57. The zero-order valence-corrected chi connectivity index (χ0v) is 23.5. The molecule has 2 aliphatic rings. The predicted molar refractivity (Wildman–Crippen MR) is 145 cm³/mol. The van der Waals surface area contributed by atoms with Crippen molar-refractivity contribution in [1.82, 2.24) is 20.5 Å². The summed E-state index contributed by atoms with van der Waals surface area (Å²) < 4.78 is 0. The Bertz CT molecular complexity index is 1310. The molecule has 1 aliphatic carbocycles. The third-order valence-corrected chi connectivity index (χ3v) is 8.40. The molecule has 0 radical (unpaired) electrons. The van der Waals surface area contributed by atoms with Crippen molar-refractivity contribution >= 4 is 29.1 Å². The van der Waals surface area contributed by atoms with E-state index in [2.05, 4.69) is 21.7 Å². The lowest BCUT2D eigenvalue weighted by molar-refractivity contribution is -0.144. The summed E-state index contributed by atoms with van der Waals surface area (Å²) in [4.78, 5) is 46.1. The van der Waals surface area contributed by atoms with Gasteiger partial charge < -0.3 is 25.7 Å². The molecule has 1 aliphatic heterocycles. The van der Waals surface area contributed by atoms with Crippen LogP contribution in [0.4, 0.5) is 0 Å². The number of nitrogens with one attached hydrogen (secondary N) is 2. The number of thiazole rings is 1. The molecule has 3 amide bonds. The van der Waals surface area contributed by atoms with Gasteiger partial charge in [-0.15, -0.1) is 11.3 Å². The van der Waals surface area contributed by atoms with Gasteiger partial charge in [0.25, 0.3) is 0 Å². The molecule has 4 rings (SSSR count). The lowest BCUT2D eigenvalue weighted by Gasteiger charge is -2.35. The summed E-state index contributed by atoms with van der Waals surface area (Å²) in [5.74, 6) is -1.26. The Labute approximate surface area is 232 Å². The maximum Gasteiger partial charge on any atom is 0.246 e. The Hall–Kier alpha value is -3.49. The maximum atomic E-state index is 13.7. The van der Waals surface area contributed by atoms with Crippen molar-refractivity contribution in [2.24, 2.45) is 10.8 Å². The second-order valence-corrected chi connectivity index (χ2v) is 12.5. The number of rotatable bonds is 8. The van der Waals surface area contributed by atoms with Crippen LogP contribution in [0, 0.1) is 29.1 Å². The number of aliphatic hydroxyl groups is 1. The number of amides is 3. The molecule has 208 valence electrons. The number of hydrogen-bond acceptors (Lipinski definition) is 8. The molecule has 1 saturated heterocycles. The van der Waals surface area contributed by atoms with Crippen LogP contribution < -0.4 is 10.6 Å². The number of carbonyl (C=O) groups is 3. The number of benzene rings is 1. The van der Waals surface area contributed by atoms with E-state index in [0.717, 1.165) is 16.1 Å². The number of aromatic nitrogens is 1. The Morgan fingerprint density at radius 1 is 1.31 bits per heavy atom. The molecule has 2 fully saturated rings. The van der Waals surface area contributed by atoms with E-state index in [9.17, 15) is 29.9 Å². The summed E-state index contributed by atoms with van der Waals surface area (Å²) in [7, 11) is 0. The zero-order valence-electron chi connectivity index (χ0n) is 22.7. The molecule has 4 N–H and O–H groups in total. The summed E-state index contributed by atoms with van der Waals surface area (Å²) in [6.07, 6.45) is 0.532. The van der Waals surface area contributed by atoms with Crippen molar-refractivity contribution in [3.63, 3.8) is 0 Å². The topological polar surface area (TPSA) is 156 Å². The van der Waals surface area contributed by atoms with E-state index in [1.165, 1.54) is 16.2 Å². The molecule has 1 aromatic heterocycles. The zero-order chi connectivity index (χ0) is 28.5. The molecule has 11 heteroatoms. The number of hydrogen-bond donors (Lipinski definition) is 4. The van der Waals surface area contributed by atoms with Gasteiger partial charge in [0.1, 0.15) is 17.8 Å². The number of aliphatic hydroxyl groups excluding tert-OH is 1. The van der Waals surface area contributed by atoms with E-state index in [1.807, 2.05) is 33.8 Å². The standard InChI is InChI=1S/C28H35N5O5S/c1-16-23(39-15-31-16)17-5-6-18(21(35)9-17)12-30-25(37)20-10-19(34)13-33(20)26(38)24(27(2,3)4)32-22(36)11-28(14-29)7-8-28/h5-6,9,15,19-20,24,34-35H,7-8,10-13H2,1-4H3,(H,30,37)(H,32,36)/t19-,20+,24-/m1/s1. The van der Waals surface area contributed by atoms with Gasteiger partial charge in [0.05, 0.1) is 33.7 Å². The van der Waals surface area contributed by atoms with Crippen molar-refractivity contribution in [3.8, 4) is 22.3 Å². The number of likely N-dealkylation sites (tertiary alicyclic amines) is 1. The fourth-order valence-corrected chi connectivity index (χ4v) is 5.65. The van der Waals surface area contributed by atoms with Crippen molar-refractivity contribution < 1.29 is 24.6 Å². The summed E-state index contributed by atoms with van der Waals surface area (Å²) in [6, 6.07) is 5.54. The number of nitriles is 1. The van der Waals surface area contributed by atoms with Crippen LogP contribution in [0.2, 0.25) is 0 Å². The van der Waals surface area contributed by atoms with E-state index in [1.54, 1.807) is 17.6 Å². The summed E-state index contributed by atoms with van der Waals surface area (Å²) >= 11 is 1.48. The first kappa shape index (κ1) is 28.5. The van der Waals surface area contributed by atoms with Crippen LogP contribution in [0.15, 0.2) is 23.7 Å². The highest BCUT2D eigenvalue weighted by atomic mass is 32.1. The molecule has 1 saturated carbocycles. The first-order valence-corrected chi connectivity index (χ1v) is 13.9. The van der Waals surface area contributed by atoms with Crippen molar-refractivity contribution in [1.29, 1.82) is 5.26 Å². The third-order valence-electron chi connectivity index (χ3n) is 7.42. The van der Waals surface area contributed by atoms with Gasteiger partial charge in [-0.2, -0.15) is 5.26 Å². The number of aromatic hydroxyl groups is 1. The number of aryl methyl sites for hydroxylation is 1. The van der Waals surface area contributed by atoms with Crippen LogP contribution in [0.25, 0.3) is 10.4 Å². The highest BCUT2D eigenvalue weighted by molar-refractivity contribution is 7.13. The molecule has 1 aromatic carbocycles. The molecule has 39 heavy (non-hydrogen) atoms. The lowest BCUT2D eigenvalue weighted by atomic mass is 9.85. The SMILES string of the molecule is Cc1ncsc1-c1ccc(CNC(=O)[C@@H]2C[C@@H](O)CN2C(=O)[C@@H](NC(=O)CC2(C#N)CC2)C(C)(C)C)c(O)c1. The van der Waals surface area contributed by atoms with Crippen molar-refractivity contribution in [3.05, 3.63) is 35.0 Å². The van der Waals surface area contributed by atoms with Crippen molar-refractivity contribution in [2.75, 3.05) is 6.54 Å². The fraction of sp³-hybridized carbons (Fsp3) is 0.536. The second kappa shape index (κ2) is 10.9. The quantitative estimate of drug-likeness (QED) is 0.392. The average Bonchev–Trinajstić information content (AvgIpc) is 3.31. The number of nitrogens with zero attached hydrogens (tertiary/aromatic N) is 3. The van der Waals surface area contributed by atoms with E-state index in [0.29, 0.717) is 18.4 Å². The maximum absolute atomic E-state index is 13.7. The van der Waals surface area contributed by atoms with Crippen LogP contribution in [0.5, 0.6) is 5.75 Å². The van der Waals surface area contributed by atoms with Gasteiger partial charge in [-0.05, 0) is 36.8 Å². The predicted octanol–water partition coefficient (Wildman–Crippen LogP) is 2.63. The summed E-state index contributed by atoms with van der Waals surface area (Å²) in [6.45, 7) is 7.34. The first-order chi connectivity index (χ1) is 18.3. The smallest absolute Gasteiger partial charge is 0.246 e. The minimum absolute atomic E-state index is 0.0285. The van der Waals surface area contributed by atoms with E-state index >= 15 is 0 Å². The average molecular weight is 554 g/mol. The number of phenolic OH excluding ortho intramolecular Hbond substituents is 1. The molecule has 2 aromatic rings. The summed E-state index contributed by atoms with van der Waals surface area (Å²) in [5, 5.41) is 35.8. The normalized spacial score (nSPS) is 20.7. The molecule has 0 bridgehead atoms. The van der Waals surface area contributed by atoms with Crippen LogP contribution in [-0.4, -0.2) is 62.6 Å². The van der Waals surface area contributed by atoms with Gasteiger partial charge in [0.2, 0.25) is 17.7 Å². The van der Waals surface area contributed by atoms with E-state index < -0.39 is 40.8 Å². The van der Waals surface area contributed by atoms with Gasteiger partial charge in [-0.1, -0.05) is 32.9 Å². The largest absolute Gasteiger partial charge is 0.508 e. The number of β-amino-alcohol motifs (C(OH)–C–C–N with tert-alkyl or cyclic N) is 1. The number of carbonyl (C=O) groups excluding carboxylic acids is 3. The molecule has 0 spiro atoms. The second-order valence-electron chi connectivity index (χ2n) is 11.7. The van der Waals surface area contributed by atoms with E-state index in [-0.39, 0.29) is 37.6 Å². The van der Waals surface area contributed by atoms with Gasteiger partial charge in [0.15, 0.2) is 0 Å². The molecular formula is C28H35N5O5S. The van der Waals surface area contributed by atoms with E-state index in [4.69, 9.17) is 0 Å². The van der Waals surface area contributed by atoms with Crippen LogP contribution in [-0.2, 0) is 20.9 Å². The molecule has 0 unspecified atom stereocenters. The van der Waals surface area contributed by atoms with Crippen LogP contribution in [0.3, 0.4) is 0 Å². The molecule has 10 nitrogen and oxygen atoms in total. The first-order valence-electron chi connectivity index (χ1n) is 13.0. The van der Waals surface area contributed by atoms with Crippen LogP contribution in [0.1, 0.15) is 57.7 Å². The Morgan fingerprint density at radius 2 is 2.03 bits per heavy atom. The minimum Gasteiger partial charge on any atom is -0.508 e. The van der Waals surface area contributed by atoms with Gasteiger partial charge in [-0.3, -0.25) is 14.4 Å². The molecular weight excluding hydrogens is 518 g/mol. The highest BCUT2D eigenvalue weighted by Crippen LogP contribution is 2.48. The van der Waals surface area contributed by atoms with Gasteiger partial charge >= 0.3 is 0 Å². The highest BCUT2D eigenvalue weighted by Gasteiger charge is 2.47.